The van der Waals surface area contributed by atoms with Gasteiger partial charge in [0.15, 0.2) is 0 Å². The first-order valence-electron chi connectivity index (χ1n) is 11.2. The number of allylic oxidation sites excluding steroid dienone is 1. The number of aliphatic hydroxyl groups excluding tert-OH is 1. The number of benzene rings is 2. The van der Waals surface area contributed by atoms with Crippen molar-refractivity contribution >= 4 is 0 Å². The number of ether oxygens (including phenoxy) is 2. The van der Waals surface area contributed by atoms with E-state index in [1.807, 2.05) is 6.92 Å². The van der Waals surface area contributed by atoms with E-state index in [4.69, 9.17) is 9.47 Å². The Balaban J connectivity index is 1.96. The Morgan fingerprint density at radius 2 is 1.76 bits per heavy atom. The van der Waals surface area contributed by atoms with Gasteiger partial charge in [0.2, 0.25) is 5.88 Å². The fraction of sp³-hybridized carbons (Fsp3) is 0.346. The summed E-state index contributed by atoms with van der Waals surface area (Å²) in [6, 6.07) is 11.7. The van der Waals surface area contributed by atoms with E-state index in [0.29, 0.717) is 50.0 Å². The van der Waals surface area contributed by atoms with Gasteiger partial charge in [0.25, 0.3) is 0 Å². The highest BCUT2D eigenvalue weighted by Crippen LogP contribution is 2.32. The SMILES string of the molecule is C=CCCC(O)CN(CCOC)Cc1c(C)nn(-c2ccc(F)cc2)c1Oc1ccc(F)cc1. The highest BCUT2D eigenvalue weighted by atomic mass is 19.1. The smallest absolute Gasteiger partial charge is 0.227 e. The molecule has 0 aliphatic rings. The average molecular weight is 472 g/mol. The lowest BCUT2D eigenvalue weighted by molar-refractivity contribution is 0.0804. The van der Waals surface area contributed by atoms with E-state index in [9.17, 15) is 13.9 Å². The lowest BCUT2D eigenvalue weighted by Crippen LogP contribution is -2.34. The summed E-state index contributed by atoms with van der Waals surface area (Å²) in [5.41, 5.74) is 2.16. The van der Waals surface area contributed by atoms with E-state index < -0.39 is 6.10 Å². The van der Waals surface area contributed by atoms with Crippen LogP contribution < -0.4 is 4.74 Å². The maximum Gasteiger partial charge on any atom is 0.227 e. The highest BCUT2D eigenvalue weighted by Gasteiger charge is 2.22. The molecule has 0 aliphatic carbocycles. The molecule has 182 valence electrons. The third-order valence-corrected chi connectivity index (χ3v) is 5.40. The number of aliphatic hydroxyl groups is 1. The summed E-state index contributed by atoms with van der Waals surface area (Å²) in [6.45, 7) is 7.56. The molecular formula is C26H31F2N3O3. The molecule has 34 heavy (non-hydrogen) atoms. The third-order valence-electron chi connectivity index (χ3n) is 5.40. The van der Waals surface area contributed by atoms with E-state index in [1.54, 1.807) is 30.0 Å². The first kappa shape index (κ1) is 25.6. The van der Waals surface area contributed by atoms with Gasteiger partial charge in [-0.25, -0.2) is 13.5 Å². The summed E-state index contributed by atoms with van der Waals surface area (Å²) >= 11 is 0. The van der Waals surface area contributed by atoms with Gasteiger partial charge >= 0.3 is 0 Å². The Hall–Kier alpha value is -3.07. The summed E-state index contributed by atoms with van der Waals surface area (Å²) in [7, 11) is 1.63. The maximum atomic E-state index is 13.5. The van der Waals surface area contributed by atoms with Crippen molar-refractivity contribution < 1.29 is 23.4 Å². The molecule has 0 spiro atoms. The van der Waals surface area contributed by atoms with E-state index in [1.165, 1.54) is 36.4 Å². The van der Waals surface area contributed by atoms with Gasteiger partial charge in [0.1, 0.15) is 17.4 Å². The Morgan fingerprint density at radius 1 is 1.12 bits per heavy atom. The molecule has 3 rings (SSSR count). The third kappa shape index (κ3) is 6.96. The Labute approximate surface area is 199 Å². The lowest BCUT2D eigenvalue weighted by Gasteiger charge is -2.25. The van der Waals surface area contributed by atoms with Crippen molar-refractivity contribution in [2.24, 2.45) is 0 Å². The second kappa shape index (κ2) is 12.4. The number of aryl methyl sites for hydroxylation is 1. The van der Waals surface area contributed by atoms with Crippen LogP contribution in [-0.2, 0) is 11.3 Å². The summed E-state index contributed by atoms with van der Waals surface area (Å²) in [5.74, 6) is 0.169. The Morgan fingerprint density at radius 3 is 2.38 bits per heavy atom. The van der Waals surface area contributed by atoms with Gasteiger partial charge < -0.3 is 14.6 Å². The summed E-state index contributed by atoms with van der Waals surface area (Å²) in [6.07, 6.45) is 2.59. The number of hydrogen-bond donors (Lipinski definition) is 1. The number of halogens is 2. The monoisotopic (exact) mass is 471 g/mol. The van der Waals surface area contributed by atoms with Crippen molar-refractivity contribution in [2.45, 2.75) is 32.4 Å². The average Bonchev–Trinajstić information content (AvgIpc) is 3.12. The Bertz CT molecular complexity index is 1050. The van der Waals surface area contributed by atoms with E-state index in [0.717, 1.165) is 17.7 Å². The van der Waals surface area contributed by atoms with Crippen LogP contribution in [0.15, 0.2) is 61.2 Å². The lowest BCUT2D eigenvalue weighted by atomic mass is 10.1. The van der Waals surface area contributed by atoms with Crippen LogP contribution in [0.25, 0.3) is 5.69 Å². The standard InChI is InChI=1S/C26H31F2N3O3/c1-4-5-6-23(32)17-30(15-16-33-3)18-25-19(2)29-31(22-11-7-20(27)8-12-22)26(25)34-24-13-9-21(28)10-14-24/h4,7-14,23,32H,1,5-6,15-18H2,2-3H3. The molecule has 1 aromatic heterocycles. The number of methoxy groups -OCH3 is 1. The number of nitrogens with zero attached hydrogens (tertiary/aromatic N) is 3. The Kier molecular flexibility index (Phi) is 9.33. The van der Waals surface area contributed by atoms with Gasteiger partial charge in [-0.15, -0.1) is 6.58 Å². The van der Waals surface area contributed by atoms with Crippen LogP contribution in [0.1, 0.15) is 24.1 Å². The van der Waals surface area contributed by atoms with Gasteiger partial charge in [-0.05, 0) is 68.3 Å². The summed E-state index contributed by atoms with van der Waals surface area (Å²) in [5, 5.41) is 15.1. The molecule has 0 radical (unpaired) electrons. The predicted octanol–water partition coefficient (Wildman–Crippen LogP) is 5.03. The normalized spacial score (nSPS) is 12.2. The van der Waals surface area contributed by atoms with Crippen molar-refractivity contribution in [1.29, 1.82) is 0 Å². The molecule has 1 unspecified atom stereocenters. The zero-order valence-electron chi connectivity index (χ0n) is 19.6. The van der Waals surface area contributed by atoms with Crippen LogP contribution in [0.4, 0.5) is 8.78 Å². The van der Waals surface area contributed by atoms with E-state index in [-0.39, 0.29) is 11.6 Å². The van der Waals surface area contributed by atoms with Gasteiger partial charge in [-0.2, -0.15) is 5.10 Å². The van der Waals surface area contributed by atoms with Crippen LogP contribution in [0.5, 0.6) is 11.6 Å². The second-order valence-corrected chi connectivity index (χ2v) is 8.06. The van der Waals surface area contributed by atoms with Gasteiger partial charge in [-0.1, -0.05) is 6.08 Å². The zero-order valence-corrected chi connectivity index (χ0v) is 19.6. The molecule has 1 heterocycles. The molecule has 0 amide bonds. The van der Waals surface area contributed by atoms with Crippen LogP contribution in [-0.4, -0.2) is 52.7 Å². The molecule has 8 heteroatoms. The first-order valence-corrected chi connectivity index (χ1v) is 11.2. The molecule has 0 fully saturated rings. The number of rotatable bonds is 13. The predicted molar refractivity (Wildman–Crippen MR) is 127 cm³/mol. The van der Waals surface area contributed by atoms with Crippen molar-refractivity contribution in [3.8, 4) is 17.3 Å². The fourth-order valence-corrected chi connectivity index (χ4v) is 3.58. The molecule has 1 N–H and O–H groups in total. The molecule has 0 saturated heterocycles. The molecule has 0 aliphatic heterocycles. The summed E-state index contributed by atoms with van der Waals surface area (Å²) < 4.78 is 40.0. The minimum Gasteiger partial charge on any atom is -0.439 e. The maximum absolute atomic E-state index is 13.5. The fourth-order valence-electron chi connectivity index (χ4n) is 3.58. The zero-order chi connectivity index (χ0) is 24.5. The molecule has 3 aromatic rings. The van der Waals surface area contributed by atoms with Crippen LogP contribution in [0, 0.1) is 18.6 Å². The van der Waals surface area contributed by atoms with Gasteiger partial charge in [-0.3, -0.25) is 4.90 Å². The van der Waals surface area contributed by atoms with Crippen molar-refractivity contribution in [1.82, 2.24) is 14.7 Å². The minimum atomic E-state index is -0.524. The number of hydrogen-bond acceptors (Lipinski definition) is 5. The molecular weight excluding hydrogens is 440 g/mol. The van der Waals surface area contributed by atoms with Crippen LogP contribution in [0.2, 0.25) is 0 Å². The van der Waals surface area contributed by atoms with Gasteiger partial charge in [0, 0.05) is 26.7 Å². The van der Waals surface area contributed by atoms with E-state index >= 15 is 0 Å². The first-order chi connectivity index (χ1) is 16.4. The molecule has 0 saturated carbocycles. The quantitative estimate of drug-likeness (QED) is 0.355. The largest absolute Gasteiger partial charge is 0.439 e. The van der Waals surface area contributed by atoms with Crippen molar-refractivity contribution in [3.63, 3.8) is 0 Å². The van der Waals surface area contributed by atoms with Crippen LogP contribution in [0.3, 0.4) is 0 Å². The van der Waals surface area contributed by atoms with Crippen molar-refractivity contribution in [2.75, 3.05) is 26.8 Å². The van der Waals surface area contributed by atoms with E-state index in [2.05, 4.69) is 16.6 Å². The van der Waals surface area contributed by atoms with Gasteiger partial charge in [0.05, 0.1) is 29.7 Å². The highest BCUT2D eigenvalue weighted by molar-refractivity contribution is 5.43. The molecule has 2 aromatic carbocycles. The molecule has 0 bridgehead atoms. The minimum absolute atomic E-state index is 0.354. The topological polar surface area (TPSA) is 59.8 Å². The summed E-state index contributed by atoms with van der Waals surface area (Å²) in [4.78, 5) is 2.08. The van der Waals surface area contributed by atoms with Crippen LogP contribution >= 0.6 is 0 Å². The molecule has 6 nitrogen and oxygen atoms in total. The second-order valence-electron chi connectivity index (χ2n) is 8.06. The van der Waals surface area contributed by atoms with Crippen molar-refractivity contribution in [3.05, 3.63) is 84.1 Å². The number of aromatic nitrogens is 2. The molecule has 1 atom stereocenters.